The number of hydrogen-bond acceptors (Lipinski definition) is 4. The second kappa shape index (κ2) is 9.82. The lowest BCUT2D eigenvalue weighted by atomic mass is 9.94. The number of likely N-dealkylation sites (tertiary alicyclic amines) is 1. The molecule has 1 aliphatic heterocycles. The molecule has 3 rings (SSSR count). The number of carbonyl (C=O) groups is 2. The lowest BCUT2D eigenvalue weighted by Gasteiger charge is -2.25. The predicted octanol–water partition coefficient (Wildman–Crippen LogP) is 5.18. The van der Waals surface area contributed by atoms with E-state index in [0.29, 0.717) is 18.7 Å². The summed E-state index contributed by atoms with van der Waals surface area (Å²) >= 11 is 0. The van der Waals surface area contributed by atoms with E-state index in [-0.39, 0.29) is 11.3 Å². The van der Waals surface area contributed by atoms with E-state index in [4.69, 9.17) is 4.74 Å². The van der Waals surface area contributed by atoms with E-state index in [2.05, 4.69) is 6.92 Å². The number of nitrogens with zero attached hydrogens (tertiary/aromatic N) is 1. The van der Waals surface area contributed by atoms with Crippen molar-refractivity contribution in [3.05, 3.63) is 70.3 Å². The number of benzene rings is 2. The van der Waals surface area contributed by atoms with Crippen LogP contribution in [0.15, 0.2) is 48.0 Å². The van der Waals surface area contributed by atoms with E-state index in [0.717, 1.165) is 36.1 Å². The van der Waals surface area contributed by atoms with E-state index in [1.54, 1.807) is 23.1 Å². The number of Topliss-reactive ketones (excluding diaryl/α,β-unsaturated/α-hetero) is 1. The maximum absolute atomic E-state index is 13.0. The molecule has 1 atom stereocenters. The first kappa shape index (κ1) is 22.6. The number of rotatable bonds is 8. The molecule has 1 heterocycles. The van der Waals surface area contributed by atoms with Gasteiger partial charge in [-0.15, -0.1) is 0 Å². The minimum absolute atomic E-state index is 0.145. The van der Waals surface area contributed by atoms with E-state index < -0.39 is 17.7 Å². The minimum atomic E-state index is -0.635. The number of unbranched alkanes of at least 4 members (excludes halogenated alkanes) is 1. The van der Waals surface area contributed by atoms with Crippen LogP contribution in [0, 0.1) is 6.92 Å². The second-order valence-corrected chi connectivity index (χ2v) is 7.85. The summed E-state index contributed by atoms with van der Waals surface area (Å²) in [4.78, 5) is 27.5. The van der Waals surface area contributed by atoms with Crippen LogP contribution in [0.1, 0.15) is 61.9 Å². The summed E-state index contributed by atoms with van der Waals surface area (Å²) in [7, 11) is 0. The van der Waals surface area contributed by atoms with E-state index in [9.17, 15) is 14.7 Å². The SMILES string of the molecule is CCCCN1C(=O)C(=O)/C(=C(\O)c2ccc(OCC)c(C)c2)C1c1ccc(CC)cc1. The first-order chi connectivity index (χ1) is 14.9. The van der Waals surface area contributed by atoms with Gasteiger partial charge in [0, 0.05) is 12.1 Å². The third kappa shape index (κ3) is 4.50. The Kier molecular flexibility index (Phi) is 7.16. The van der Waals surface area contributed by atoms with Crippen LogP contribution >= 0.6 is 0 Å². The largest absolute Gasteiger partial charge is 0.507 e. The first-order valence-electron chi connectivity index (χ1n) is 11.0. The van der Waals surface area contributed by atoms with Crippen LogP contribution in [0.5, 0.6) is 5.75 Å². The topological polar surface area (TPSA) is 66.8 Å². The molecule has 1 saturated heterocycles. The quantitative estimate of drug-likeness (QED) is 0.362. The molecule has 1 fully saturated rings. The zero-order valence-electron chi connectivity index (χ0n) is 18.8. The maximum Gasteiger partial charge on any atom is 0.295 e. The number of aryl methyl sites for hydroxylation is 2. The molecule has 2 aromatic carbocycles. The minimum Gasteiger partial charge on any atom is -0.507 e. The fraction of sp³-hybridized carbons (Fsp3) is 0.385. The molecular weight excluding hydrogens is 390 g/mol. The Bertz CT molecular complexity index is 991. The Morgan fingerprint density at radius 3 is 2.35 bits per heavy atom. The third-order valence-electron chi connectivity index (χ3n) is 5.74. The van der Waals surface area contributed by atoms with Crippen molar-refractivity contribution in [3.63, 3.8) is 0 Å². The van der Waals surface area contributed by atoms with Crippen molar-refractivity contribution >= 4 is 17.4 Å². The number of aliphatic hydroxyl groups excluding tert-OH is 1. The van der Waals surface area contributed by atoms with E-state index >= 15 is 0 Å². The number of ketones is 1. The molecule has 2 aromatic rings. The van der Waals surface area contributed by atoms with Crippen molar-refractivity contribution in [3.8, 4) is 5.75 Å². The Balaban J connectivity index is 2.12. The highest BCUT2D eigenvalue weighted by atomic mass is 16.5. The molecule has 164 valence electrons. The van der Waals surface area contributed by atoms with Gasteiger partial charge in [-0.1, -0.05) is 44.5 Å². The van der Waals surface area contributed by atoms with Crippen LogP contribution in [0.25, 0.3) is 5.76 Å². The van der Waals surface area contributed by atoms with E-state index in [1.165, 1.54) is 5.56 Å². The third-order valence-corrected chi connectivity index (χ3v) is 5.74. The van der Waals surface area contributed by atoms with Gasteiger partial charge in [0.15, 0.2) is 0 Å². The monoisotopic (exact) mass is 421 g/mol. The van der Waals surface area contributed by atoms with Crippen molar-refractivity contribution < 1.29 is 19.4 Å². The van der Waals surface area contributed by atoms with Crippen LogP contribution in [0.2, 0.25) is 0 Å². The number of ether oxygens (including phenoxy) is 1. The zero-order valence-corrected chi connectivity index (χ0v) is 18.8. The molecule has 0 aromatic heterocycles. The molecule has 0 aliphatic carbocycles. The Morgan fingerprint density at radius 1 is 1.06 bits per heavy atom. The molecular formula is C26H31NO4. The van der Waals surface area contributed by atoms with Crippen molar-refractivity contribution in [1.29, 1.82) is 0 Å². The number of carbonyl (C=O) groups excluding carboxylic acids is 2. The molecule has 0 radical (unpaired) electrons. The fourth-order valence-corrected chi connectivity index (χ4v) is 3.99. The smallest absolute Gasteiger partial charge is 0.295 e. The molecule has 1 amide bonds. The molecule has 0 saturated carbocycles. The number of amides is 1. The van der Waals surface area contributed by atoms with Gasteiger partial charge in [-0.2, -0.15) is 0 Å². The maximum atomic E-state index is 13.0. The predicted molar refractivity (Wildman–Crippen MR) is 122 cm³/mol. The molecule has 1 aliphatic rings. The fourth-order valence-electron chi connectivity index (χ4n) is 3.99. The van der Waals surface area contributed by atoms with Gasteiger partial charge >= 0.3 is 0 Å². The van der Waals surface area contributed by atoms with Crippen LogP contribution in [0.4, 0.5) is 0 Å². The van der Waals surface area contributed by atoms with Gasteiger partial charge < -0.3 is 14.7 Å². The lowest BCUT2D eigenvalue weighted by Crippen LogP contribution is -2.30. The highest BCUT2D eigenvalue weighted by Crippen LogP contribution is 2.40. The summed E-state index contributed by atoms with van der Waals surface area (Å²) in [6, 6.07) is 12.6. The highest BCUT2D eigenvalue weighted by Gasteiger charge is 2.45. The molecule has 5 nitrogen and oxygen atoms in total. The summed E-state index contributed by atoms with van der Waals surface area (Å²) in [6.45, 7) is 8.95. The molecule has 31 heavy (non-hydrogen) atoms. The number of hydrogen-bond donors (Lipinski definition) is 1. The van der Waals surface area contributed by atoms with Gasteiger partial charge in [0.2, 0.25) is 0 Å². The van der Waals surface area contributed by atoms with Crippen LogP contribution in [-0.2, 0) is 16.0 Å². The van der Waals surface area contributed by atoms with Gasteiger partial charge in [-0.05, 0) is 61.6 Å². The van der Waals surface area contributed by atoms with Gasteiger partial charge in [0.1, 0.15) is 11.5 Å². The first-order valence-corrected chi connectivity index (χ1v) is 11.0. The summed E-state index contributed by atoms with van der Waals surface area (Å²) in [5, 5.41) is 11.2. The molecule has 1 N–H and O–H groups in total. The van der Waals surface area contributed by atoms with Crippen molar-refractivity contribution in [2.45, 2.75) is 53.0 Å². The van der Waals surface area contributed by atoms with Crippen LogP contribution in [-0.4, -0.2) is 34.8 Å². The van der Waals surface area contributed by atoms with Gasteiger partial charge in [-0.25, -0.2) is 0 Å². The van der Waals surface area contributed by atoms with Crippen LogP contribution in [0.3, 0.4) is 0 Å². The standard InChI is InChI=1S/C26H31NO4/c1-5-8-15-27-23(19-11-9-18(6-2)10-12-19)22(25(29)26(27)30)24(28)20-13-14-21(31-7-3)17(4)16-20/h9-14,16,23,28H,5-8,15H2,1-4H3/b24-22-. The average molecular weight is 422 g/mol. The summed E-state index contributed by atoms with van der Waals surface area (Å²) < 4.78 is 5.58. The second-order valence-electron chi connectivity index (χ2n) is 7.85. The summed E-state index contributed by atoms with van der Waals surface area (Å²) in [6.07, 6.45) is 2.60. The van der Waals surface area contributed by atoms with Gasteiger partial charge in [0.25, 0.3) is 11.7 Å². The van der Waals surface area contributed by atoms with Crippen molar-refractivity contribution in [2.24, 2.45) is 0 Å². The molecule has 5 heteroatoms. The van der Waals surface area contributed by atoms with Crippen LogP contribution < -0.4 is 4.74 Å². The Hall–Kier alpha value is -3.08. The molecule has 0 spiro atoms. The normalized spacial score (nSPS) is 17.9. The molecule has 1 unspecified atom stereocenters. The van der Waals surface area contributed by atoms with Gasteiger partial charge in [-0.3, -0.25) is 9.59 Å². The highest BCUT2D eigenvalue weighted by molar-refractivity contribution is 6.46. The average Bonchev–Trinajstić information content (AvgIpc) is 3.03. The summed E-state index contributed by atoms with van der Waals surface area (Å²) in [5.41, 5.74) is 3.52. The Morgan fingerprint density at radius 2 is 1.77 bits per heavy atom. The Labute approximate surface area is 184 Å². The van der Waals surface area contributed by atoms with Gasteiger partial charge in [0.05, 0.1) is 18.2 Å². The lowest BCUT2D eigenvalue weighted by molar-refractivity contribution is -0.139. The summed E-state index contributed by atoms with van der Waals surface area (Å²) in [5.74, 6) is -0.603. The zero-order chi connectivity index (χ0) is 22.5. The number of aliphatic hydroxyl groups is 1. The van der Waals surface area contributed by atoms with E-state index in [1.807, 2.05) is 45.0 Å². The molecule has 0 bridgehead atoms. The van der Waals surface area contributed by atoms with Crippen molar-refractivity contribution in [2.75, 3.05) is 13.2 Å². The van der Waals surface area contributed by atoms with Crippen molar-refractivity contribution in [1.82, 2.24) is 4.90 Å².